The van der Waals surface area contributed by atoms with Crippen molar-refractivity contribution in [1.82, 2.24) is 18.8 Å². The molecule has 160 valence electrons. The number of aromatic amines is 1. The van der Waals surface area contributed by atoms with E-state index in [0.717, 1.165) is 5.69 Å². The molecule has 10 heteroatoms. The summed E-state index contributed by atoms with van der Waals surface area (Å²) in [6.45, 7) is 5.63. The summed E-state index contributed by atoms with van der Waals surface area (Å²) in [6, 6.07) is 8.09. The number of rotatable bonds is 9. The number of benzene rings is 1. The van der Waals surface area contributed by atoms with Crippen molar-refractivity contribution >= 4 is 10.2 Å². The van der Waals surface area contributed by atoms with Gasteiger partial charge < -0.3 is 9.47 Å². The van der Waals surface area contributed by atoms with Crippen LogP contribution in [0.5, 0.6) is 5.75 Å². The van der Waals surface area contributed by atoms with Gasteiger partial charge in [0, 0.05) is 38.3 Å². The Morgan fingerprint density at radius 2 is 2.10 bits per heavy atom. The van der Waals surface area contributed by atoms with E-state index in [4.69, 9.17) is 9.47 Å². The molecule has 0 spiro atoms. The predicted octanol–water partition coefficient (Wildman–Crippen LogP) is 2.13. The lowest BCUT2D eigenvalue weighted by Crippen LogP contribution is -2.49. The van der Waals surface area contributed by atoms with Gasteiger partial charge in [0.15, 0.2) is 11.6 Å². The van der Waals surface area contributed by atoms with Crippen LogP contribution in [0.25, 0.3) is 0 Å². The van der Waals surface area contributed by atoms with Gasteiger partial charge in [-0.1, -0.05) is 26.0 Å². The van der Waals surface area contributed by atoms with E-state index in [1.165, 1.54) is 14.7 Å². The van der Waals surface area contributed by atoms with Crippen LogP contribution in [0.1, 0.15) is 31.3 Å². The van der Waals surface area contributed by atoms with Crippen molar-refractivity contribution in [1.29, 1.82) is 0 Å². The zero-order valence-corrected chi connectivity index (χ0v) is 17.5. The molecular formula is C19H27FN4O4S. The van der Waals surface area contributed by atoms with E-state index in [1.807, 2.05) is 19.9 Å². The number of para-hydroxylation sites is 1. The van der Waals surface area contributed by atoms with E-state index in [1.54, 1.807) is 18.2 Å². The van der Waals surface area contributed by atoms with Crippen molar-refractivity contribution in [3.05, 3.63) is 47.5 Å². The standard InChI is InChI=1S/C19H27FN4O4S/c1-3-23(4-2)29(25,26)24-10-12-28-19(14-24)17-13-15(21-22-17)9-11-27-18-8-6-5-7-16(18)20/h5-8,13,19H,3-4,9-12,14H2,1-2H3,(H,21,22)/t19-/m1/s1. The monoisotopic (exact) mass is 426 g/mol. The molecule has 1 aliphatic rings. The minimum atomic E-state index is -3.51. The van der Waals surface area contributed by atoms with Gasteiger partial charge >= 0.3 is 0 Å². The van der Waals surface area contributed by atoms with Crippen LogP contribution >= 0.6 is 0 Å². The fourth-order valence-corrected chi connectivity index (χ4v) is 4.84. The average Bonchev–Trinajstić information content (AvgIpc) is 3.19. The Bertz CT molecular complexity index is 901. The SMILES string of the molecule is CCN(CC)S(=O)(=O)N1CCO[C@@H](c2cc(CCOc3ccccc3F)[nH]n2)C1. The largest absolute Gasteiger partial charge is 0.490 e. The van der Waals surface area contributed by atoms with E-state index in [-0.39, 0.29) is 18.9 Å². The van der Waals surface area contributed by atoms with Crippen LogP contribution in [-0.2, 0) is 21.4 Å². The van der Waals surface area contributed by atoms with Crippen LogP contribution in [0.2, 0.25) is 0 Å². The third-order valence-electron chi connectivity index (χ3n) is 4.83. The summed E-state index contributed by atoms with van der Waals surface area (Å²) in [5.74, 6) is -0.192. The second-order valence-electron chi connectivity index (χ2n) is 6.66. The number of nitrogens with zero attached hydrogens (tertiary/aromatic N) is 3. The van der Waals surface area contributed by atoms with E-state index in [0.29, 0.717) is 38.4 Å². The lowest BCUT2D eigenvalue weighted by molar-refractivity contribution is -0.00661. The topological polar surface area (TPSA) is 87.8 Å². The van der Waals surface area contributed by atoms with Crippen LogP contribution in [0.3, 0.4) is 0 Å². The van der Waals surface area contributed by atoms with Gasteiger partial charge in [-0.05, 0) is 18.2 Å². The maximum atomic E-state index is 13.6. The van der Waals surface area contributed by atoms with Crippen LogP contribution in [0, 0.1) is 5.82 Å². The summed E-state index contributed by atoms with van der Waals surface area (Å²) in [4.78, 5) is 0. The number of nitrogens with one attached hydrogen (secondary N) is 1. The highest BCUT2D eigenvalue weighted by Crippen LogP contribution is 2.24. The van der Waals surface area contributed by atoms with E-state index >= 15 is 0 Å². The fourth-order valence-electron chi connectivity index (χ4n) is 3.23. The first-order chi connectivity index (χ1) is 14.0. The maximum Gasteiger partial charge on any atom is 0.282 e. The van der Waals surface area contributed by atoms with Crippen LogP contribution in [0.4, 0.5) is 4.39 Å². The van der Waals surface area contributed by atoms with Crippen molar-refractivity contribution in [2.75, 3.05) is 39.4 Å². The predicted molar refractivity (Wildman–Crippen MR) is 106 cm³/mol. The summed E-state index contributed by atoms with van der Waals surface area (Å²) in [5, 5.41) is 7.19. The second kappa shape index (κ2) is 9.66. The smallest absolute Gasteiger partial charge is 0.282 e. The van der Waals surface area contributed by atoms with Gasteiger partial charge in [-0.15, -0.1) is 0 Å². The molecule has 29 heavy (non-hydrogen) atoms. The second-order valence-corrected chi connectivity index (χ2v) is 8.58. The molecule has 0 aliphatic carbocycles. The van der Waals surface area contributed by atoms with Gasteiger partial charge in [0.05, 0.1) is 18.9 Å². The summed E-state index contributed by atoms with van der Waals surface area (Å²) >= 11 is 0. The highest BCUT2D eigenvalue weighted by atomic mass is 32.2. The number of ether oxygens (including phenoxy) is 2. The first kappa shape index (κ1) is 21.7. The molecule has 1 N–H and O–H groups in total. The zero-order valence-electron chi connectivity index (χ0n) is 16.7. The number of halogens is 1. The molecule has 1 fully saturated rings. The summed E-state index contributed by atoms with van der Waals surface area (Å²) in [6.07, 6.45) is 0.0711. The molecule has 2 heterocycles. The van der Waals surface area contributed by atoms with Crippen LogP contribution < -0.4 is 4.74 Å². The fraction of sp³-hybridized carbons (Fsp3) is 0.526. The molecule has 0 amide bonds. The van der Waals surface area contributed by atoms with Crippen molar-refractivity contribution < 1.29 is 22.3 Å². The number of hydrogen-bond donors (Lipinski definition) is 1. The normalized spacial score (nSPS) is 18.3. The van der Waals surface area contributed by atoms with Crippen molar-refractivity contribution in [2.45, 2.75) is 26.4 Å². The van der Waals surface area contributed by atoms with Crippen LogP contribution in [0.15, 0.2) is 30.3 Å². The van der Waals surface area contributed by atoms with Gasteiger partial charge in [-0.2, -0.15) is 22.1 Å². The van der Waals surface area contributed by atoms with E-state index < -0.39 is 22.1 Å². The number of aromatic nitrogens is 2. The zero-order chi connectivity index (χ0) is 20.9. The van der Waals surface area contributed by atoms with E-state index in [9.17, 15) is 12.8 Å². The third kappa shape index (κ3) is 5.13. The minimum absolute atomic E-state index is 0.208. The highest BCUT2D eigenvalue weighted by Gasteiger charge is 2.34. The third-order valence-corrected chi connectivity index (χ3v) is 6.99. The molecule has 3 rings (SSSR count). The summed E-state index contributed by atoms with van der Waals surface area (Å²) in [7, 11) is -3.51. The number of morpholine rings is 1. The van der Waals surface area contributed by atoms with Gasteiger partial charge in [-0.25, -0.2) is 4.39 Å². The Morgan fingerprint density at radius 3 is 2.83 bits per heavy atom. The minimum Gasteiger partial charge on any atom is -0.490 e. The molecule has 0 radical (unpaired) electrons. The summed E-state index contributed by atoms with van der Waals surface area (Å²) in [5.41, 5.74) is 1.45. The Labute approximate surface area is 170 Å². The first-order valence-electron chi connectivity index (χ1n) is 9.74. The Hall–Kier alpha value is -2.01. The van der Waals surface area contributed by atoms with Gasteiger partial charge in [0.1, 0.15) is 6.10 Å². The lowest BCUT2D eigenvalue weighted by Gasteiger charge is -2.34. The average molecular weight is 427 g/mol. The van der Waals surface area contributed by atoms with E-state index in [2.05, 4.69) is 10.2 Å². The number of hydrogen-bond acceptors (Lipinski definition) is 5. The molecule has 0 bridgehead atoms. The molecule has 0 saturated carbocycles. The molecule has 2 aromatic rings. The molecule has 1 aliphatic heterocycles. The van der Waals surface area contributed by atoms with Gasteiger partial charge in [0.25, 0.3) is 10.2 Å². The van der Waals surface area contributed by atoms with Gasteiger partial charge in [0.2, 0.25) is 0 Å². The Kier molecular flexibility index (Phi) is 7.23. The molecular weight excluding hydrogens is 399 g/mol. The highest BCUT2D eigenvalue weighted by molar-refractivity contribution is 7.86. The van der Waals surface area contributed by atoms with Crippen molar-refractivity contribution in [2.24, 2.45) is 0 Å². The molecule has 1 saturated heterocycles. The lowest BCUT2D eigenvalue weighted by atomic mass is 10.2. The maximum absolute atomic E-state index is 13.6. The molecule has 8 nitrogen and oxygen atoms in total. The molecule has 1 atom stereocenters. The Morgan fingerprint density at radius 1 is 1.34 bits per heavy atom. The first-order valence-corrected chi connectivity index (χ1v) is 11.1. The van der Waals surface area contributed by atoms with Crippen LogP contribution in [-0.4, -0.2) is 66.6 Å². The number of H-pyrrole nitrogens is 1. The van der Waals surface area contributed by atoms with Crippen molar-refractivity contribution in [3.63, 3.8) is 0 Å². The van der Waals surface area contributed by atoms with Gasteiger partial charge in [-0.3, -0.25) is 5.10 Å². The summed E-state index contributed by atoms with van der Waals surface area (Å²) < 4.78 is 53.2. The Balaban J connectivity index is 1.59. The molecule has 1 aromatic carbocycles. The molecule has 1 aromatic heterocycles. The molecule has 0 unspecified atom stereocenters. The quantitative estimate of drug-likeness (QED) is 0.664. The van der Waals surface area contributed by atoms with Crippen molar-refractivity contribution in [3.8, 4) is 5.75 Å².